The number of hydrogen-bond acceptors (Lipinski definition) is 7. The number of nitrogens with zero attached hydrogens (tertiary/aromatic N) is 4. The monoisotopic (exact) mass is 454 g/mol. The van der Waals surface area contributed by atoms with Gasteiger partial charge in [-0.3, -0.25) is 4.98 Å². The molecule has 1 aliphatic heterocycles. The van der Waals surface area contributed by atoms with Crippen LogP contribution in [0.4, 0.5) is 11.5 Å². The average molecular weight is 455 g/mol. The number of aromatic nitrogens is 3. The Morgan fingerprint density at radius 3 is 2.72 bits per heavy atom. The first-order chi connectivity index (χ1) is 15.5. The van der Waals surface area contributed by atoms with Gasteiger partial charge in [0.15, 0.2) is 11.6 Å². The number of hydrogen-bond donors (Lipinski definition) is 1. The Labute approximate surface area is 192 Å². The summed E-state index contributed by atoms with van der Waals surface area (Å²) in [6, 6.07) is 8.19. The quantitative estimate of drug-likeness (QED) is 0.541. The first-order valence-electron chi connectivity index (χ1n) is 11.1. The Hall–Kier alpha value is -2.48. The molecule has 1 aromatic carbocycles. The van der Waals surface area contributed by atoms with Gasteiger partial charge in [0.25, 0.3) is 0 Å². The molecule has 168 valence electrons. The van der Waals surface area contributed by atoms with Crippen LogP contribution in [0, 0.1) is 6.92 Å². The first-order valence-corrected chi connectivity index (χ1v) is 11.5. The van der Waals surface area contributed by atoms with Gasteiger partial charge < -0.3 is 19.5 Å². The molecule has 32 heavy (non-hydrogen) atoms. The molecule has 1 atom stereocenters. The Morgan fingerprint density at radius 2 is 2.00 bits per heavy atom. The molecule has 3 heterocycles. The van der Waals surface area contributed by atoms with Crippen LogP contribution in [0.3, 0.4) is 0 Å². The summed E-state index contributed by atoms with van der Waals surface area (Å²) in [5, 5.41) is 11.0. The van der Waals surface area contributed by atoms with Gasteiger partial charge in [-0.2, -0.15) is 4.98 Å². The molecule has 0 spiro atoms. The second kappa shape index (κ2) is 8.46. The molecule has 8 heteroatoms. The van der Waals surface area contributed by atoms with Crippen molar-refractivity contribution in [3.63, 3.8) is 0 Å². The number of ether oxygens (including phenoxy) is 2. The third kappa shape index (κ3) is 3.78. The van der Waals surface area contributed by atoms with Crippen molar-refractivity contribution in [1.29, 1.82) is 0 Å². The van der Waals surface area contributed by atoms with Crippen LogP contribution in [0.15, 0.2) is 30.5 Å². The summed E-state index contributed by atoms with van der Waals surface area (Å²) in [5.74, 6) is 0.0984. The van der Waals surface area contributed by atoms with E-state index in [9.17, 15) is 5.11 Å². The molecular formula is C24H27ClN4O3. The van der Waals surface area contributed by atoms with E-state index in [1.165, 1.54) is 0 Å². The number of methoxy groups -OCH3 is 1. The van der Waals surface area contributed by atoms with Gasteiger partial charge in [-0.25, -0.2) is 4.98 Å². The summed E-state index contributed by atoms with van der Waals surface area (Å²) in [7, 11) is 1.68. The van der Waals surface area contributed by atoms with Crippen LogP contribution in [0.25, 0.3) is 11.0 Å². The molecule has 0 amide bonds. The Balaban J connectivity index is 1.70. The number of halogens is 1. The first kappa shape index (κ1) is 21.4. The molecule has 2 aliphatic rings. The molecule has 0 radical (unpaired) electrons. The highest BCUT2D eigenvalue weighted by Crippen LogP contribution is 2.42. The molecular weight excluding hydrogens is 428 g/mol. The van der Waals surface area contributed by atoms with Crippen molar-refractivity contribution in [3.05, 3.63) is 46.9 Å². The van der Waals surface area contributed by atoms with Gasteiger partial charge in [-0.15, -0.1) is 0 Å². The van der Waals surface area contributed by atoms with Crippen LogP contribution in [-0.4, -0.2) is 39.8 Å². The minimum atomic E-state index is -1.33. The number of aliphatic hydroxyl groups is 1. The molecule has 1 unspecified atom stereocenters. The van der Waals surface area contributed by atoms with E-state index in [-0.39, 0.29) is 11.3 Å². The Morgan fingerprint density at radius 1 is 1.19 bits per heavy atom. The third-order valence-electron chi connectivity index (χ3n) is 6.45. The van der Waals surface area contributed by atoms with Crippen molar-refractivity contribution in [1.82, 2.24) is 15.0 Å². The van der Waals surface area contributed by atoms with Gasteiger partial charge in [0.1, 0.15) is 11.3 Å². The lowest BCUT2D eigenvalue weighted by Gasteiger charge is -2.32. The number of aryl methyl sites for hydroxylation is 1. The van der Waals surface area contributed by atoms with E-state index in [0.717, 1.165) is 49.1 Å². The summed E-state index contributed by atoms with van der Waals surface area (Å²) in [6.45, 7) is 2.58. The van der Waals surface area contributed by atoms with Gasteiger partial charge in [-0.1, -0.05) is 18.9 Å². The van der Waals surface area contributed by atoms with Crippen molar-refractivity contribution in [2.24, 2.45) is 0 Å². The minimum Gasteiger partial charge on any atom is -0.495 e. The fourth-order valence-corrected chi connectivity index (χ4v) is 5.02. The van der Waals surface area contributed by atoms with Crippen LogP contribution in [0.5, 0.6) is 5.75 Å². The second-order valence-corrected chi connectivity index (χ2v) is 8.97. The molecule has 2 fully saturated rings. The van der Waals surface area contributed by atoms with Crippen molar-refractivity contribution < 1.29 is 14.6 Å². The molecule has 0 bridgehead atoms. The standard InChI is InChI=1S/C24H27ClN4O3/c1-15-8-9-20(31-2)19(12-15)29(17-6-3-4-7-17)22-21-18(27-23(25)28-22)13-16(14-26-21)24(30)10-5-11-32-24/h8-9,12-14,17,30H,3-7,10-11H2,1-2H3. The van der Waals surface area contributed by atoms with Crippen LogP contribution in [0.2, 0.25) is 5.28 Å². The molecule has 3 aromatic rings. The highest BCUT2D eigenvalue weighted by Gasteiger charge is 2.36. The number of pyridine rings is 1. The normalized spacial score (nSPS) is 21.4. The maximum atomic E-state index is 10.9. The summed E-state index contributed by atoms with van der Waals surface area (Å²) in [5.41, 5.74) is 3.87. The number of anilines is 2. The predicted octanol–water partition coefficient (Wildman–Crippen LogP) is 5.03. The summed E-state index contributed by atoms with van der Waals surface area (Å²) >= 11 is 6.41. The molecule has 5 rings (SSSR count). The predicted molar refractivity (Wildman–Crippen MR) is 124 cm³/mol. The average Bonchev–Trinajstić information content (AvgIpc) is 3.46. The molecule has 1 saturated carbocycles. The zero-order valence-electron chi connectivity index (χ0n) is 18.3. The molecule has 1 saturated heterocycles. The van der Waals surface area contributed by atoms with Crippen LogP contribution >= 0.6 is 11.6 Å². The lowest BCUT2D eigenvalue weighted by molar-refractivity contribution is -0.179. The van der Waals surface area contributed by atoms with E-state index in [1.54, 1.807) is 13.3 Å². The Bertz CT molecular complexity index is 1140. The van der Waals surface area contributed by atoms with Gasteiger partial charge in [0.05, 0.1) is 24.9 Å². The highest BCUT2D eigenvalue weighted by molar-refractivity contribution is 6.28. The van der Waals surface area contributed by atoms with E-state index >= 15 is 0 Å². The van der Waals surface area contributed by atoms with Crippen LogP contribution < -0.4 is 9.64 Å². The van der Waals surface area contributed by atoms with Crippen LogP contribution in [-0.2, 0) is 10.5 Å². The fourth-order valence-electron chi connectivity index (χ4n) is 4.84. The highest BCUT2D eigenvalue weighted by atomic mass is 35.5. The smallest absolute Gasteiger partial charge is 0.225 e. The van der Waals surface area contributed by atoms with Gasteiger partial charge in [0.2, 0.25) is 5.28 Å². The number of fused-ring (bicyclic) bond motifs is 1. The van der Waals surface area contributed by atoms with E-state index in [0.29, 0.717) is 35.4 Å². The molecule has 1 N–H and O–H groups in total. The second-order valence-electron chi connectivity index (χ2n) is 8.63. The minimum absolute atomic E-state index is 0.139. The van der Waals surface area contributed by atoms with Crippen molar-refractivity contribution in [3.8, 4) is 5.75 Å². The molecule has 7 nitrogen and oxygen atoms in total. The van der Waals surface area contributed by atoms with E-state index < -0.39 is 5.79 Å². The Kier molecular flexibility index (Phi) is 5.65. The maximum Gasteiger partial charge on any atom is 0.225 e. The van der Waals surface area contributed by atoms with Gasteiger partial charge >= 0.3 is 0 Å². The lowest BCUT2D eigenvalue weighted by atomic mass is 10.0. The van der Waals surface area contributed by atoms with E-state index in [2.05, 4.69) is 27.9 Å². The third-order valence-corrected chi connectivity index (χ3v) is 6.62. The number of benzene rings is 1. The molecule has 1 aliphatic carbocycles. The van der Waals surface area contributed by atoms with Crippen molar-refractivity contribution in [2.75, 3.05) is 18.6 Å². The van der Waals surface area contributed by atoms with Gasteiger partial charge in [-0.05, 0) is 61.5 Å². The SMILES string of the molecule is COc1ccc(C)cc1N(c1nc(Cl)nc2cc(C3(O)CCCO3)cnc12)C1CCCC1. The fraction of sp³-hybridized carbons (Fsp3) is 0.458. The van der Waals surface area contributed by atoms with Crippen molar-refractivity contribution in [2.45, 2.75) is 57.3 Å². The summed E-state index contributed by atoms with van der Waals surface area (Å²) < 4.78 is 11.3. The van der Waals surface area contributed by atoms with E-state index in [1.807, 2.05) is 18.2 Å². The largest absolute Gasteiger partial charge is 0.495 e. The van der Waals surface area contributed by atoms with Crippen LogP contribution in [0.1, 0.15) is 49.7 Å². The number of rotatable bonds is 5. The lowest BCUT2D eigenvalue weighted by Crippen LogP contribution is -2.30. The summed E-state index contributed by atoms with van der Waals surface area (Å²) in [4.78, 5) is 16.0. The zero-order valence-corrected chi connectivity index (χ0v) is 19.1. The maximum absolute atomic E-state index is 10.9. The van der Waals surface area contributed by atoms with E-state index in [4.69, 9.17) is 26.1 Å². The topological polar surface area (TPSA) is 80.6 Å². The van der Waals surface area contributed by atoms with Gasteiger partial charge in [0, 0.05) is 24.2 Å². The zero-order chi connectivity index (χ0) is 22.3. The van der Waals surface area contributed by atoms with Crippen molar-refractivity contribution >= 4 is 34.1 Å². The summed E-state index contributed by atoms with van der Waals surface area (Å²) in [6.07, 6.45) is 7.40. The molecule has 2 aromatic heterocycles.